The number of methoxy groups -OCH3 is 1. The van der Waals surface area contributed by atoms with E-state index >= 15 is 0 Å². The van der Waals surface area contributed by atoms with Gasteiger partial charge in [0, 0.05) is 18.8 Å². The molecule has 0 bridgehead atoms. The highest BCUT2D eigenvalue weighted by Crippen LogP contribution is 2.25. The van der Waals surface area contributed by atoms with E-state index in [9.17, 15) is 18.0 Å². The van der Waals surface area contributed by atoms with E-state index in [0.717, 1.165) is 11.1 Å². The van der Waals surface area contributed by atoms with Gasteiger partial charge in [-0.2, -0.15) is 4.31 Å². The number of nitrogens with one attached hydrogen (secondary N) is 1. The first-order valence-corrected chi connectivity index (χ1v) is 11.3. The third-order valence-electron chi connectivity index (χ3n) is 5.31. The Morgan fingerprint density at radius 3 is 2.50 bits per heavy atom. The topological polar surface area (TPSA) is 92.8 Å². The second-order valence-electron chi connectivity index (χ2n) is 7.40. The lowest BCUT2D eigenvalue weighted by Gasteiger charge is -2.30. The number of esters is 1. The molecule has 160 valence electrons. The average molecular weight is 431 g/mol. The molecule has 0 saturated carbocycles. The predicted octanol–water partition coefficient (Wildman–Crippen LogP) is 2.75. The number of carbonyl (C=O) groups excluding carboxylic acids is 2. The van der Waals surface area contributed by atoms with E-state index < -0.39 is 15.9 Å². The summed E-state index contributed by atoms with van der Waals surface area (Å²) in [7, 11) is -2.42. The summed E-state index contributed by atoms with van der Waals surface area (Å²) in [5.74, 6) is -1.00. The van der Waals surface area contributed by atoms with Gasteiger partial charge in [-0.1, -0.05) is 24.3 Å². The van der Waals surface area contributed by atoms with Crippen LogP contribution in [0.25, 0.3) is 0 Å². The zero-order chi connectivity index (χ0) is 21.7. The molecule has 1 aliphatic heterocycles. The highest BCUT2D eigenvalue weighted by molar-refractivity contribution is 7.89. The lowest BCUT2D eigenvalue weighted by atomic mass is 10.0. The van der Waals surface area contributed by atoms with Crippen LogP contribution in [0.5, 0.6) is 0 Å². The molecule has 7 nitrogen and oxygen atoms in total. The maximum Gasteiger partial charge on any atom is 0.309 e. The number of aryl methyl sites for hydroxylation is 1. The fourth-order valence-electron chi connectivity index (χ4n) is 3.57. The van der Waals surface area contributed by atoms with Crippen LogP contribution in [0, 0.1) is 12.8 Å². The van der Waals surface area contributed by atoms with E-state index in [4.69, 9.17) is 4.74 Å². The molecule has 0 aromatic heterocycles. The molecular formula is C22H26N2O5S. The normalized spacial score (nSPS) is 17.3. The van der Waals surface area contributed by atoms with Crippen molar-refractivity contribution in [1.82, 2.24) is 4.31 Å². The van der Waals surface area contributed by atoms with Crippen molar-refractivity contribution in [2.75, 3.05) is 25.5 Å². The van der Waals surface area contributed by atoms with Gasteiger partial charge in [0.05, 0.1) is 24.3 Å². The molecule has 1 atom stereocenters. The number of ether oxygens (including phenoxy) is 1. The maximum absolute atomic E-state index is 12.9. The van der Waals surface area contributed by atoms with Gasteiger partial charge in [0.15, 0.2) is 0 Å². The minimum Gasteiger partial charge on any atom is -0.469 e. The standard InChI is InChI=1S/C22H26N2O5S/c1-16-6-3-4-7-17(16)14-21(25)23-19-9-11-20(12-10-19)30(27,28)24-13-5-8-18(15-24)22(26)29-2/h3-4,6-7,9-12,18H,5,8,13-15H2,1-2H3,(H,23,25). The number of anilines is 1. The molecular weight excluding hydrogens is 404 g/mol. The van der Waals surface area contributed by atoms with Crippen LogP contribution in [0.2, 0.25) is 0 Å². The van der Waals surface area contributed by atoms with E-state index in [1.165, 1.54) is 23.5 Å². The molecule has 2 aromatic carbocycles. The number of benzene rings is 2. The van der Waals surface area contributed by atoms with E-state index in [0.29, 0.717) is 25.1 Å². The molecule has 0 radical (unpaired) electrons. The van der Waals surface area contributed by atoms with Crippen LogP contribution in [0.4, 0.5) is 5.69 Å². The van der Waals surface area contributed by atoms with Crippen molar-refractivity contribution in [3.05, 3.63) is 59.7 Å². The average Bonchev–Trinajstić information content (AvgIpc) is 2.75. The summed E-state index contributed by atoms with van der Waals surface area (Å²) in [6, 6.07) is 13.8. The Bertz CT molecular complexity index is 1020. The van der Waals surface area contributed by atoms with Gasteiger partial charge in [0.1, 0.15) is 0 Å². The number of carbonyl (C=O) groups is 2. The molecule has 1 heterocycles. The predicted molar refractivity (Wildman–Crippen MR) is 113 cm³/mol. The van der Waals surface area contributed by atoms with Crippen LogP contribution < -0.4 is 5.32 Å². The molecule has 0 aliphatic carbocycles. The van der Waals surface area contributed by atoms with Crippen LogP contribution in [0.3, 0.4) is 0 Å². The number of amides is 1. The summed E-state index contributed by atoms with van der Waals surface area (Å²) in [6.45, 7) is 2.43. The lowest BCUT2D eigenvalue weighted by molar-refractivity contribution is -0.146. The minimum absolute atomic E-state index is 0.115. The molecule has 1 unspecified atom stereocenters. The fourth-order valence-corrected chi connectivity index (χ4v) is 5.09. The zero-order valence-corrected chi connectivity index (χ0v) is 17.9. The van der Waals surface area contributed by atoms with Gasteiger partial charge in [0.2, 0.25) is 15.9 Å². The number of sulfonamides is 1. The molecule has 1 aliphatic rings. The van der Waals surface area contributed by atoms with Crippen molar-refractivity contribution >= 4 is 27.6 Å². The van der Waals surface area contributed by atoms with Gasteiger partial charge < -0.3 is 10.1 Å². The monoisotopic (exact) mass is 430 g/mol. The van der Waals surface area contributed by atoms with Gasteiger partial charge in [-0.05, 0) is 55.2 Å². The first-order valence-electron chi connectivity index (χ1n) is 9.83. The van der Waals surface area contributed by atoms with Gasteiger partial charge in [-0.25, -0.2) is 8.42 Å². The van der Waals surface area contributed by atoms with Crippen LogP contribution in [-0.4, -0.2) is 44.8 Å². The number of hydrogen-bond acceptors (Lipinski definition) is 5. The minimum atomic E-state index is -3.72. The van der Waals surface area contributed by atoms with Crippen molar-refractivity contribution in [2.45, 2.75) is 31.1 Å². The van der Waals surface area contributed by atoms with E-state index in [1.54, 1.807) is 12.1 Å². The fraction of sp³-hybridized carbons (Fsp3) is 0.364. The van der Waals surface area contributed by atoms with Crippen molar-refractivity contribution in [1.29, 1.82) is 0 Å². The Hall–Kier alpha value is -2.71. The van der Waals surface area contributed by atoms with Gasteiger partial charge in [0.25, 0.3) is 0 Å². The number of piperidine rings is 1. The molecule has 1 N–H and O–H groups in total. The number of nitrogens with zero attached hydrogens (tertiary/aromatic N) is 1. The molecule has 30 heavy (non-hydrogen) atoms. The molecule has 1 saturated heterocycles. The smallest absolute Gasteiger partial charge is 0.309 e. The highest BCUT2D eigenvalue weighted by Gasteiger charge is 2.33. The Morgan fingerprint density at radius 2 is 1.83 bits per heavy atom. The summed E-state index contributed by atoms with van der Waals surface area (Å²) < 4.78 is 32.0. The largest absolute Gasteiger partial charge is 0.469 e. The Balaban J connectivity index is 1.66. The first kappa shape index (κ1) is 22.0. The zero-order valence-electron chi connectivity index (χ0n) is 17.1. The van der Waals surface area contributed by atoms with Gasteiger partial charge >= 0.3 is 5.97 Å². The molecule has 1 amide bonds. The molecule has 8 heteroatoms. The number of rotatable bonds is 6. The summed E-state index contributed by atoms with van der Waals surface area (Å²) >= 11 is 0. The summed E-state index contributed by atoms with van der Waals surface area (Å²) in [4.78, 5) is 24.2. The van der Waals surface area contributed by atoms with Gasteiger partial charge in [-0.3, -0.25) is 9.59 Å². The third-order valence-corrected chi connectivity index (χ3v) is 7.19. The highest BCUT2D eigenvalue weighted by atomic mass is 32.2. The van der Waals surface area contributed by atoms with Crippen molar-refractivity contribution in [2.24, 2.45) is 5.92 Å². The number of hydrogen-bond donors (Lipinski definition) is 1. The first-order chi connectivity index (χ1) is 14.3. The Kier molecular flexibility index (Phi) is 6.89. The Morgan fingerprint density at radius 1 is 1.13 bits per heavy atom. The van der Waals surface area contributed by atoms with Crippen molar-refractivity contribution in [3.8, 4) is 0 Å². The third kappa shape index (κ3) is 5.06. The second kappa shape index (κ2) is 9.40. The maximum atomic E-state index is 12.9. The molecule has 2 aromatic rings. The van der Waals surface area contributed by atoms with Crippen LogP contribution in [0.1, 0.15) is 24.0 Å². The molecule has 1 fully saturated rings. The van der Waals surface area contributed by atoms with Gasteiger partial charge in [-0.15, -0.1) is 0 Å². The lowest BCUT2D eigenvalue weighted by Crippen LogP contribution is -2.42. The second-order valence-corrected chi connectivity index (χ2v) is 9.34. The summed E-state index contributed by atoms with van der Waals surface area (Å²) in [6.07, 6.45) is 1.46. The summed E-state index contributed by atoms with van der Waals surface area (Å²) in [5.41, 5.74) is 2.51. The van der Waals surface area contributed by atoms with Crippen molar-refractivity contribution < 1.29 is 22.7 Å². The summed E-state index contributed by atoms with van der Waals surface area (Å²) in [5, 5.41) is 2.80. The van der Waals surface area contributed by atoms with E-state index in [2.05, 4.69) is 5.32 Å². The quantitative estimate of drug-likeness (QED) is 0.712. The Labute approximate surface area is 177 Å². The van der Waals surface area contributed by atoms with Crippen molar-refractivity contribution in [3.63, 3.8) is 0 Å². The van der Waals surface area contributed by atoms with Crippen LogP contribution in [0.15, 0.2) is 53.4 Å². The van der Waals surface area contributed by atoms with E-state index in [1.807, 2.05) is 31.2 Å². The molecule has 0 spiro atoms. The molecule has 3 rings (SSSR count). The van der Waals surface area contributed by atoms with Crippen LogP contribution in [-0.2, 0) is 30.8 Å². The SMILES string of the molecule is COC(=O)C1CCCN(S(=O)(=O)c2ccc(NC(=O)Cc3ccccc3C)cc2)C1. The van der Waals surface area contributed by atoms with E-state index in [-0.39, 0.29) is 29.7 Å². The van der Waals surface area contributed by atoms with Crippen LogP contribution >= 0.6 is 0 Å².